The molecule has 0 heterocycles. The molecule has 0 saturated heterocycles. The zero-order valence-corrected chi connectivity index (χ0v) is 13.2. The Morgan fingerprint density at radius 2 is 2.24 bits per heavy atom. The molecule has 1 aliphatic rings. The van der Waals surface area contributed by atoms with Crippen LogP contribution in [0.1, 0.15) is 51.9 Å². The zero-order chi connectivity index (χ0) is 15.1. The molecule has 0 amide bonds. The van der Waals surface area contributed by atoms with Gasteiger partial charge in [0.2, 0.25) is 0 Å². The Balaban J connectivity index is 2.09. The first-order valence-electron chi connectivity index (χ1n) is 8.05. The predicted molar refractivity (Wildman–Crippen MR) is 86.4 cm³/mol. The third-order valence-electron chi connectivity index (χ3n) is 4.56. The minimum Gasteiger partial charge on any atom is -0.497 e. The maximum Gasteiger partial charge on any atom is 0.125 e. The van der Waals surface area contributed by atoms with E-state index in [-0.39, 0.29) is 0 Å². The van der Waals surface area contributed by atoms with Crippen molar-refractivity contribution in [2.24, 2.45) is 5.92 Å². The highest BCUT2D eigenvalue weighted by atomic mass is 16.5. The second kappa shape index (κ2) is 7.36. The Kier molecular flexibility index (Phi) is 5.50. The molecule has 1 aliphatic carbocycles. The maximum absolute atomic E-state index is 9.73. The van der Waals surface area contributed by atoms with Gasteiger partial charge in [-0.2, -0.15) is 5.26 Å². The average Bonchev–Trinajstić information content (AvgIpc) is 2.71. The molecule has 0 radical (unpaired) electrons. The Labute approximate surface area is 128 Å². The molecule has 3 heteroatoms. The molecule has 1 N–H and O–H groups in total. The van der Waals surface area contributed by atoms with Gasteiger partial charge in [-0.05, 0) is 43.7 Å². The van der Waals surface area contributed by atoms with Crippen molar-refractivity contribution in [2.75, 3.05) is 12.4 Å². The van der Waals surface area contributed by atoms with Gasteiger partial charge in [-0.1, -0.05) is 32.3 Å². The summed E-state index contributed by atoms with van der Waals surface area (Å²) in [4.78, 5) is 0. The Morgan fingerprint density at radius 1 is 1.38 bits per heavy atom. The summed E-state index contributed by atoms with van der Waals surface area (Å²) in [6.45, 7) is 2.25. The van der Waals surface area contributed by atoms with Crippen molar-refractivity contribution in [3.8, 4) is 11.8 Å². The van der Waals surface area contributed by atoms with Gasteiger partial charge in [0.05, 0.1) is 13.2 Å². The van der Waals surface area contributed by atoms with E-state index in [1.54, 1.807) is 7.11 Å². The molecule has 1 aromatic rings. The molecule has 2 atom stereocenters. The van der Waals surface area contributed by atoms with Crippen molar-refractivity contribution in [1.82, 2.24) is 0 Å². The quantitative estimate of drug-likeness (QED) is 0.794. The van der Waals surface area contributed by atoms with Crippen molar-refractivity contribution in [2.45, 2.75) is 57.4 Å². The number of nitriles is 1. The molecular weight excluding hydrogens is 260 g/mol. The van der Waals surface area contributed by atoms with Crippen LogP contribution in [0.2, 0.25) is 0 Å². The van der Waals surface area contributed by atoms with Crippen LogP contribution in [0.5, 0.6) is 5.75 Å². The normalized spacial score (nSPS) is 25.7. The SMILES string of the molecule is CCCC1CCCC(C#N)(Nc2cccc(OC)c2)CC1. The molecule has 1 fully saturated rings. The Bertz CT molecular complexity index is 494. The summed E-state index contributed by atoms with van der Waals surface area (Å²) in [5.41, 5.74) is 0.555. The number of hydrogen-bond donors (Lipinski definition) is 1. The minimum absolute atomic E-state index is 0.422. The highest BCUT2D eigenvalue weighted by Gasteiger charge is 2.33. The van der Waals surface area contributed by atoms with Crippen LogP contribution in [0.15, 0.2) is 24.3 Å². The van der Waals surface area contributed by atoms with Gasteiger partial charge in [-0.15, -0.1) is 0 Å². The van der Waals surface area contributed by atoms with Gasteiger partial charge in [-0.25, -0.2) is 0 Å². The van der Waals surface area contributed by atoms with Gasteiger partial charge in [0, 0.05) is 11.8 Å². The summed E-state index contributed by atoms with van der Waals surface area (Å²) in [5.74, 6) is 1.61. The van der Waals surface area contributed by atoms with E-state index < -0.39 is 5.54 Å². The van der Waals surface area contributed by atoms with E-state index in [1.807, 2.05) is 24.3 Å². The summed E-state index contributed by atoms with van der Waals surface area (Å²) in [5, 5.41) is 13.2. The van der Waals surface area contributed by atoms with Crippen molar-refractivity contribution in [3.63, 3.8) is 0 Å². The molecule has 2 unspecified atom stereocenters. The van der Waals surface area contributed by atoms with E-state index in [2.05, 4.69) is 18.3 Å². The lowest BCUT2D eigenvalue weighted by Crippen LogP contribution is -2.36. The average molecular weight is 286 g/mol. The summed E-state index contributed by atoms with van der Waals surface area (Å²) >= 11 is 0. The summed E-state index contributed by atoms with van der Waals surface area (Å²) in [6.07, 6.45) is 7.95. The van der Waals surface area contributed by atoms with Crippen LogP contribution in [0.4, 0.5) is 5.69 Å². The summed E-state index contributed by atoms with van der Waals surface area (Å²) in [7, 11) is 1.67. The van der Waals surface area contributed by atoms with Gasteiger partial charge in [0.1, 0.15) is 11.3 Å². The van der Waals surface area contributed by atoms with Crippen LogP contribution in [0.3, 0.4) is 0 Å². The molecule has 0 bridgehead atoms. The fourth-order valence-electron chi connectivity index (χ4n) is 3.35. The monoisotopic (exact) mass is 286 g/mol. The number of anilines is 1. The fraction of sp³-hybridized carbons (Fsp3) is 0.611. The smallest absolute Gasteiger partial charge is 0.125 e. The topological polar surface area (TPSA) is 45.0 Å². The number of hydrogen-bond acceptors (Lipinski definition) is 3. The molecule has 3 nitrogen and oxygen atoms in total. The second-order valence-electron chi connectivity index (χ2n) is 6.14. The molecular formula is C18H26N2O. The first-order chi connectivity index (χ1) is 10.2. The van der Waals surface area contributed by atoms with Gasteiger partial charge in [0.25, 0.3) is 0 Å². The molecule has 2 rings (SSSR count). The first kappa shape index (κ1) is 15.7. The van der Waals surface area contributed by atoms with Gasteiger partial charge < -0.3 is 10.1 Å². The van der Waals surface area contributed by atoms with Crippen molar-refractivity contribution < 1.29 is 4.74 Å². The molecule has 114 valence electrons. The highest BCUT2D eigenvalue weighted by molar-refractivity contribution is 5.51. The zero-order valence-electron chi connectivity index (χ0n) is 13.2. The number of benzene rings is 1. The highest BCUT2D eigenvalue weighted by Crippen LogP contribution is 2.35. The van der Waals surface area contributed by atoms with Crippen LogP contribution < -0.4 is 10.1 Å². The Hall–Kier alpha value is -1.69. The van der Waals surface area contributed by atoms with Crippen LogP contribution >= 0.6 is 0 Å². The molecule has 0 aromatic heterocycles. The number of ether oxygens (including phenoxy) is 1. The number of rotatable bonds is 5. The van der Waals surface area contributed by atoms with Gasteiger partial charge in [-0.3, -0.25) is 0 Å². The number of methoxy groups -OCH3 is 1. The van der Waals surface area contributed by atoms with Crippen LogP contribution in [0, 0.1) is 17.2 Å². The lowest BCUT2D eigenvalue weighted by atomic mass is 9.90. The van der Waals surface area contributed by atoms with Crippen molar-refractivity contribution in [3.05, 3.63) is 24.3 Å². The molecule has 0 spiro atoms. The van der Waals surface area contributed by atoms with Crippen LogP contribution in [-0.2, 0) is 0 Å². The standard InChI is InChI=1S/C18H26N2O/c1-3-6-15-7-5-11-18(14-19,12-10-15)20-16-8-4-9-17(13-16)21-2/h4,8-9,13,15,20H,3,5-7,10-12H2,1-2H3. The van der Waals surface area contributed by atoms with Gasteiger partial charge >= 0.3 is 0 Å². The van der Waals surface area contributed by atoms with E-state index in [1.165, 1.54) is 19.3 Å². The minimum atomic E-state index is -0.422. The lowest BCUT2D eigenvalue weighted by Gasteiger charge is -2.28. The Morgan fingerprint density at radius 3 is 2.95 bits per heavy atom. The summed E-state index contributed by atoms with van der Waals surface area (Å²) < 4.78 is 5.26. The van der Waals surface area contributed by atoms with Crippen molar-refractivity contribution in [1.29, 1.82) is 5.26 Å². The first-order valence-corrected chi connectivity index (χ1v) is 8.05. The lowest BCUT2D eigenvalue weighted by molar-refractivity contribution is 0.413. The largest absolute Gasteiger partial charge is 0.497 e. The predicted octanol–water partition coefficient (Wildman–Crippen LogP) is 4.75. The van der Waals surface area contributed by atoms with Crippen LogP contribution in [0.25, 0.3) is 0 Å². The second-order valence-corrected chi connectivity index (χ2v) is 6.14. The van der Waals surface area contributed by atoms with Crippen molar-refractivity contribution >= 4 is 5.69 Å². The molecule has 1 aromatic carbocycles. The number of nitrogens with zero attached hydrogens (tertiary/aromatic N) is 1. The molecule has 21 heavy (non-hydrogen) atoms. The molecule has 1 saturated carbocycles. The third kappa shape index (κ3) is 4.14. The van der Waals surface area contributed by atoms with E-state index >= 15 is 0 Å². The van der Waals surface area contributed by atoms with E-state index in [9.17, 15) is 5.26 Å². The number of nitrogens with one attached hydrogen (secondary N) is 1. The summed E-state index contributed by atoms with van der Waals surface area (Å²) in [6, 6.07) is 10.4. The van der Waals surface area contributed by atoms with Gasteiger partial charge in [0.15, 0.2) is 0 Å². The van der Waals surface area contributed by atoms with Crippen LogP contribution in [-0.4, -0.2) is 12.6 Å². The van der Waals surface area contributed by atoms with E-state index in [4.69, 9.17) is 4.74 Å². The third-order valence-corrected chi connectivity index (χ3v) is 4.56. The maximum atomic E-state index is 9.73. The van der Waals surface area contributed by atoms with E-state index in [0.29, 0.717) is 0 Å². The van der Waals surface area contributed by atoms with E-state index in [0.717, 1.165) is 43.0 Å². The fourth-order valence-corrected chi connectivity index (χ4v) is 3.35. The molecule has 0 aliphatic heterocycles.